The van der Waals surface area contributed by atoms with Gasteiger partial charge in [0.15, 0.2) is 0 Å². The molecule has 0 aliphatic rings. The van der Waals surface area contributed by atoms with Gasteiger partial charge in [-0.3, -0.25) is 9.59 Å². The van der Waals surface area contributed by atoms with Crippen molar-refractivity contribution in [3.63, 3.8) is 0 Å². The Morgan fingerprint density at radius 3 is 2.19 bits per heavy atom. The summed E-state index contributed by atoms with van der Waals surface area (Å²) in [6, 6.07) is 15.3. The Hall–Kier alpha value is -2.66. The molecule has 2 aromatic carbocycles. The minimum atomic E-state index is -0.636. The summed E-state index contributed by atoms with van der Waals surface area (Å²) in [6.45, 7) is 0. The van der Waals surface area contributed by atoms with E-state index < -0.39 is 11.9 Å². The second-order valence-corrected chi connectivity index (χ2v) is 4.73. The maximum atomic E-state index is 12.0. The van der Waals surface area contributed by atoms with E-state index in [4.69, 9.17) is 11.5 Å². The van der Waals surface area contributed by atoms with Crippen LogP contribution in [0.5, 0.6) is 0 Å². The quantitative estimate of drug-likeness (QED) is 0.771. The maximum absolute atomic E-state index is 12.0. The Labute approximate surface area is 123 Å². The van der Waals surface area contributed by atoms with Crippen LogP contribution in [-0.4, -0.2) is 17.9 Å². The number of nitrogens with two attached hydrogens (primary N) is 2. The molecule has 108 valence electrons. The van der Waals surface area contributed by atoms with Crippen LogP contribution in [0.15, 0.2) is 54.6 Å². The van der Waals surface area contributed by atoms with Crippen LogP contribution in [0.4, 0.5) is 5.69 Å². The van der Waals surface area contributed by atoms with E-state index in [1.165, 1.54) is 0 Å². The lowest BCUT2D eigenvalue weighted by Crippen LogP contribution is -2.37. The highest BCUT2D eigenvalue weighted by molar-refractivity contribution is 5.96. The lowest BCUT2D eigenvalue weighted by molar-refractivity contribution is -0.117. The molecule has 0 bridgehead atoms. The van der Waals surface area contributed by atoms with Gasteiger partial charge in [0.1, 0.15) is 0 Å². The minimum Gasteiger partial charge on any atom is -0.366 e. The van der Waals surface area contributed by atoms with Crippen molar-refractivity contribution in [3.8, 4) is 0 Å². The van der Waals surface area contributed by atoms with Crippen molar-refractivity contribution in [2.75, 3.05) is 5.32 Å². The van der Waals surface area contributed by atoms with Crippen LogP contribution in [0.2, 0.25) is 0 Å². The third kappa shape index (κ3) is 4.15. The molecule has 0 saturated carbocycles. The lowest BCUT2D eigenvalue weighted by Gasteiger charge is -2.12. The second-order valence-electron chi connectivity index (χ2n) is 4.73. The first-order chi connectivity index (χ1) is 10.1. The van der Waals surface area contributed by atoms with E-state index in [0.717, 1.165) is 5.56 Å². The Bertz CT molecular complexity index is 624. The van der Waals surface area contributed by atoms with Crippen LogP contribution in [0, 0.1) is 0 Å². The van der Waals surface area contributed by atoms with Crippen molar-refractivity contribution in [2.45, 2.75) is 12.5 Å². The molecule has 0 heterocycles. The molecule has 0 aliphatic carbocycles. The summed E-state index contributed by atoms with van der Waals surface area (Å²) in [7, 11) is 0. The third-order valence-corrected chi connectivity index (χ3v) is 3.07. The monoisotopic (exact) mass is 283 g/mol. The van der Waals surface area contributed by atoms with Gasteiger partial charge in [0.2, 0.25) is 11.8 Å². The predicted octanol–water partition coefficient (Wildman–Crippen LogP) is 1.29. The molecule has 0 spiro atoms. The van der Waals surface area contributed by atoms with Gasteiger partial charge in [-0.25, -0.2) is 0 Å². The molecule has 0 radical (unpaired) electrons. The number of anilines is 1. The molecule has 0 aromatic heterocycles. The van der Waals surface area contributed by atoms with Crippen molar-refractivity contribution < 1.29 is 9.59 Å². The Kier molecular flexibility index (Phi) is 4.68. The molecule has 0 saturated heterocycles. The van der Waals surface area contributed by atoms with Gasteiger partial charge in [-0.2, -0.15) is 0 Å². The minimum absolute atomic E-state index is 0.273. The molecule has 5 heteroatoms. The van der Waals surface area contributed by atoms with Gasteiger partial charge in [0, 0.05) is 11.3 Å². The zero-order chi connectivity index (χ0) is 15.2. The van der Waals surface area contributed by atoms with Crippen molar-refractivity contribution in [1.82, 2.24) is 0 Å². The standard InChI is InChI=1S/C16H17N3O2/c17-14(10-11-4-2-1-3-5-11)16(21)19-13-8-6-12(7-9-13)15(18)20/h1-9,14H,10,17H2,(H2,18,20)(H,19,21)/t14-/m0/s1. The molecule has 2 rings (SSSR count). The van der Waals surface area contributed by atoms with Crippen molar-refractivity contribution >= 4 is 17.5 Å². The number of benzene rings is 2. The number of carbonyl (C=O) groups excluding carboxylic acids is 2. The van der Waals surface area contributed by atoms with Crippen LogP contribution in [0.1, 0.15) is 15.9 Å². The Balaban J connectivity index is 1.95. The zero-order valence-corrected chi connectivity index (χ0v) is 11.5. The van der Waals surface area contributed by atoms with Gasteiger partial charge < -0.3 is 16.8 Å². The predicted molar refractivity (Wildman–Crippen MR) is 81.7 cm³/mol. The number of rotatable bonds is 5. The van der Waals surface area contributed by atoms with E-state index in [1.807, 2.05) is 30.3 Å². The smallest absolute Gasteiger partial charge is 0.248 e. The van der Waals surface area contributed by atoms with E-state index in [2.05, 4.69) is 5.32 Å². The molecule has 0 fully saturated rings. The summed E-state index contributed by atoms with van der Waals surface area (Å²) in [4.78, 5) is 23.0. The van der Waals surface area contributed by atoms with Crippen LogP contribution in [-0.2, 0) is 11.2 Å². The van der Waals surface area contributed by atoms with Gasteiger partial charge in [0.05, 0.1) is 6.04 Å². The van der Waals surface area contributed by atoms with Gasteiger partial charge in [0.25, 0.3) is 0 Å². The number of nitrogens with one attached hydrogen (secondary N) is 1. The van der Waals surface area contributed by atoms with Crippen LogP contribution in [0.3, 0.4) is 0 Å². The first-order valence-electron chi connectivity index (χ1n) is 6.56. The third-order valence-electron chi connectivity index (χ3n) is 3.07. The molecular weight excluding hydrogens is 266 g/mol. The van der Waals surface area contributed by atoms with Gasteiger partial charge in [-0.1, -0.05) is 30.3 Å². The van der Waals surface area contributed by atoms with E-state index in [-0.39, 0.29) is 5.91 Å². The number of carbonyl (C=O) groups is 2. The maximum Gasteiger partial charge on any atom is 0.248 e. The number of primary amides is 1. The average Bonchev–Trinajstić information content (AvgIpc) is 2.48. The molecule has 5 N–H and O–H groups in total. The summed E-state index contributed by atoms with van der Waals surface area (Å²) in [6.07, 6.45) is 0.464. The molecule has 2 aromatic rings. The van der Waals surface area contributed by atoms with E-state index in [9.17, 15) is 9.59 Å². The lowest BCUT2D eigenvalue weighted by atomic mass is 10.1. The molecule has 21 heavy (non-hydrogen) atoms. The largest absolute Gasteiger partial charge is 0.366 e. The highest BCUT2D eigenvalue weighted by atomic mass is 16.2. The molecular formula is C16H17N3O2. The van der Waals surface area contributed by atoms with E-state index in [0.29, 0.717) is 17.7 Å². The fourth-order valence-corrected chi connectivity index (χ4v) is 1.91. The summed E-state index contributed by atoms with van der Waals surface area (Å²) in [5.74, 6) is -0.778. The normalized spacial score (nSPS) is 11.7. The highest BCUT2D eigenvalue weighted by Gasteiger charge is 2.14. The topological polar surface area (TPSA) is 98.2 Å². The molecule has 0 unspecified atom stereocenters. The molecule has 0 aliphatic heterocycles. The number of amides is 2. The van der Waals surface area contributed by atoms with Crippen molar-refractivity contribution in [2.24, 2.45) is 11.5 Å². The summed E-state index contributed by atoms with van der Waals surface area (Å²) in [5.41, 5.74) is 13.0. The Morgan fingerprint density at radius 2 is 1.62 bits per heavy atom. The van der Waals surface area contributed by atoms with Gasteiger partial charge >= 0.3 is 0 Å². The second kappa shape index (κ2) is 6.67. The zero-order valence-electron chi connectivity index (χ0n) is 11.5. The number of hydrogen-bond acceptors (Lipinski definition) is 3. The summed E-state index contributed by atoms with van der Waals surface area (Å²) < 4.78 is 0. The molecule has 5 nitrogen and oxygen atoms in total. The van der Waals surface area contributed by atoms with Gasteiger partial charge in [-0.15, -0.1) is 0 Å². The van der Waals surface area contributed by atoms with Crippen molar-refractivity contribution in [1.29, 1.82) is 0 Å². The average molecular weight is 283 g/mol. The molecule has 2 amide bonds. The fraction of sp³-hybridized carbons (Fsp3) is 0.125. The van der Waals surface area contributed by atoms with Crippen LogP contribution < -0.4 is 16.8 Å². The fourth-order valence-electron chi connectivity index (χ4n) is 1.91. The van der Waals surface area contributed by atoms with Crippen LogP contribution >= 0.6 is 0 Å². The van der Waals surface area contributed by atoms with E-state index >= 15 is 0 Å². The number of hydrogen-bond donors (Lipinski definition) is 3. The Morgan fingerprint density at radius 1 is 1.00 bits per heavy atom. The first-order valence-corrected chi connectivity index (χ1v) is 6.56. The van der Waals surface area contributed by atoms with Crippen molar-refractivity contribution in [3.05, 3.63) is 65.7 Å². The SMILES string of the molecule is NC(=O)c1ccc(NC(=O)[C@@H](N)Cc2ccccc2)cc1. The van der Waals surface area contributed by atoms with Crippen LogP contribution in [0.25, 0.3) is 0 Å². The summed E-state index contributed by atoms with van der Waals surface area (Å²) >= 11 is 0. The summed E-state index contributed by atoms with van der Waals surface area (Å²) in [5, 5.41) is 2.71. The first kappa shape index (κ1) is 14.7. The molecule has 1 atom stereocenters. The van der Waals surface area contributed by atoms with Gasteiger partial charge in [-0.05, 0) is 36.2 Å². The highest BCUT2D eigenvalue weighted by Crippen LogP contribution is 2.10. The van der Waals surface area contributed by atoms with E-state index in [1.54, 1.807) is 24.3 Å².